The number of aliphatic carboxylic acids is 1. The van der Waals surface area contributed by atoms with Crippen molar-refractivity contribution in [3.8, 4) is 0 Å². The number of quaternary nitrogens is 1. The number of carbonyl (C=O) groups is 3. The highest BCUT2D eigenvalue weighted by atomic mass is 16.6. The highest BCUT2D eigenvalue weighted by Crippen LogP contribution is 2.12. The number of carboxylic acid groups (broad SMARTS) is 1. The molecule has 0 fully saturated rings. The molecule has 1 N–H and O–H groups in total. The predicted molar refractivity (Wildman–Crippen MR) is 243 cm³/mol. The lowest BCUT2D eigenvalue weighted by Gasteiger charge is -2.31. The maximum absolute atomic E-state index is 12.7. The molecule has 0 aliphatic heterocycles. The Morgan fingerprint density at radius 3 is 1.45 bits per heavy atom. The highest BCUT2D eigenvalue weighted by molar-refractivity contribution is 5.72. The number of unbranched alkanes of at least 4 members (excludes halogenated alkanes) is 14. The van der Waals surface area contributed by atoms with E-state index in [4.69, 9.17) is 14.2 Å². The molecule has 332 valence electrons. The fourth-order valence-electron chi connectivity index (χ4n) is 6.24. The van der Waals surface area contributed by atoms with Crippen molar-refractivity contribution in [1.82, 2.24) is 0 Å². The van der Waals surface area contributed by atoms with Crippen molar-refractivity contribution < 1.29 is 38.2 Å². The zero-order valence-corrected chi connectivity index (χ0v) is 37.7. The quantitative estimate of drug-likeness (QED) is 0.0285. The van der Waals surface area contributed by atoms with Gasteiger partial charge in [0.05, 0.1) is 34.4 Å². The van der Waals surface area contributed by atoms with E-state index in [0.717, 1.165) is 70.6 Å². The van der Waals surface area contributed by atoms with Crippen LogP contribution in [-0.2, 0) is 28.6 Å². The van der Waals surface area contributed by atoms with E-state index < -0.39 is 18.1 Å². The smallest absolute Gasteiger partial charge is 0.362 e. The maximum atomic E-state index is 12.7. The highest BCUT2D eigenvalue weighted by Gasteiger charge is 2.31. The molecule has 0 spiro atoms. The van der Waals surface area contributed by atoms with Crippen LogP contribution in [-0.4, -0.2) is 80.6 Å². The first kappa shape index (κ1) is 54.8. The van der Waals surface area contributed by atoms with Crippen LogP contribution in [0.5, 0.6) is 0 Å². The summed E-state index contributed by atoms with van der Waals surface area (Å²) in [6.45, 7) is 4.60. The topological polar surface area (TPSA) is 99.1 Å². The molecule has 0 saturated heterocycles. The fraction of sp³-hybridized carbons (Fsp3) is 0.700. The molecule has 0 aromatic rings. The zero-order valence-electron chi connectivity index (χ0n) is 37.7. The van der Waals surface area contributed by atoms with Crippen LogP contribution in [0.25, 0.3) is 0 Å². The van der Waals surface area contributed by atoms with Gasteiger partial charge in [0.2, 0.25) is 0 Å². The van der Waals surface area contributed by atoms with Gasteiger partial charge >= 0.3 is 17.9 Å². The number of hydrogen-bond donors (Lipinski definition) is 1. The summed E-state index contributed by atoms with van der Waals surface area (Å²) < 4.78 is 17.2. The van der Waals surface area contributed by atoms with Gasteiger partial charge in [0.25, 0.3) is 0 Å². The molecule has 0 saturated carbocycles. The van der Waals surface area contributed by atoms with Crippen LogP contribution in [0.1, 0.15) is 174 Å². The Kier molecular flexibility index (Phi) is 38.3. The number of likely N-dealkylation sites (N-methyl/N-ethyl adjacent to an activating group) is 1. The number of ether oxygens (including phenoxy) is 3. The van der Waals surface area contributed by atoms with Crippen LogP contribution in [0, 0.1) is 0 Å². The Morgan fingerprint density at radius 1 is 0.517 bits per heavy atom. The van der Waals surface area contributed by atoms with Gasteiger partial charge < -0.3 is 23.8 Å². The maximum Gasteiger partial charge on any atom is 0.362 e. The third-order valence-electron chi connectivity index (χ3n) is 9.84. The second kappa shape index (κ2) is 40.5. The van der Waals surface area contributed by atoms with Crippen molar-refractivity contribution >= 4 is 17.9 Å². The van der Waals surface area contributed by atoms with Gasteiger partial charge in [-0.25, -0.2) is 4.79 Å². The van der Waals surface area contributed by atoms with Crippen LogP contribution in [0.2, 0.25) is 0 Å². The first-order valence-electron chi connectivity index (χ1n) is 23.0. The van der Waals surface area contributed by atoms with Crippen molar-refractivity contribution in [3.63, 3.8) is 0 Å². The Bertz CT molecular complexity index is 1180. The molecule has 8 nitrogen and oxygen atoms in total. The molecule has 0 amide bonds. The summed E-state index contributed by atoms with van der Waals surface area (Å²) in [4.78, 5) is 37.0. The monoisotopic (exact) mass is 813 g/mol. The van der Waals surface area contributed by atoms with Gasteiger partial charge in [0.1, 0.15) is 6.61 Å². The largest absolute Gasteiger partial charge is 0.477 e. The average molecular weight is 813 g/mol. The molecule has 0 radical (unpaired) electrons. The molecule has 8 heteroatoms. The summed E-state index contributed by atoms with van der Waals surface area (Å²) in [5.41, 5.74) is 0. The molecule has 2 atom stereocenters. The summed E-state index contributed by atoms with van der Waals surface area (Å²) >= 11 is 0. The van der Waals surface area contributed by atoms with Gasteiger partial charge in [0, 0.05) is 19.3 Å². The number of esters is 2. The second-order valence-corrected chi connectivity index (χ2v) is 16.3. The fourth-order valence-corrected chi connectivity index (χ4v) is 6.24. The van der Waals surface area contributed by atoms with Crippen LogP contribution < -0.4 is 0 Å². The van der Waals surface area contributed by atoms with Crippen molar-refractivity contribution in [2.45, 2.75) is 187 Å². The van der Waals surface area contributed by atoms with Gasteiger partial charge in [-0.05, 0) is 77.0 Å². The van der Waals surface area contributed by atoms with E-state index in [2.05, 4.69) is 80.7 Å². The lowest BCUT2D eigenvalue weighted by molar-refractivity contribution is -0.887. The Hall–Kier alpha value is -3.23. The van der Waals surface area contributed by atoms with Crippen molar-refractivity contribution in [1.29, 1.82) is 0 Å². The number of rotatable bonds is 40. The molecule has 0 heterocycles. The predicted octanol–water partition coefficient (Wildman–Crippen LogP) is 12.7. The number of allylic oxidation sites excluding steroid dienone is 12. The van der Waals surface area contributed by atoms with E-state index in [9.17, 15) is 19.5 Å². The Labute approximate surface area is 355 Å². The first-order valence-corrected chi connectivity index (χ1v) is 23.0. The summed E-state index contributed by atoms with van der Waals surface area (Å²) in [6, 6.07) is -0.629. The van der Waals surface area contributed by atoms with Crippen molar-refractivity contribution in [3.05, 3.63) is 72.9 Å². The molecule has 0 bridgehead atoms. The van der Waals surface area contributed by atoms with Crippen LogP contribution in [0.3, 0.4) is 0 Å². The van der Waals surface area contributed by atoms with E-state index in [1.54, 1.807) is 0 Å². The molecular formula is C50H86NO7+. The molecule has 0 aliphatic rings. The zero-order chi connectivity index (χ0) is 42.8. The van der Waals surface area contributed by atoms with Gasteiger partial charge in [0.15, 0.2) is 12.1 Å². The summed E-state index contributed by atoms with van der Waals surface area (Å²) in [5, 5.41) is 9.62. The van der Waals surface area contributed by atoms with E-state index in [0.29, 0.717) is 19.3 Å². The van der Waals surface area contributed by atoms with E-state index in [1.807, 2.05) is 27.2 Å². The van der Waals surface area contributed by atoms with Crippen LogP contribution in [0.15, 0.2) is 72.9 Å². The third-order valence-corrected chi connectivity index (χ3v) is 9.84. The van der Waals surface area contributed by atoms with Crippen molar-refractivity contribution in [2.75, 3.05) is 41.0 Å². The molecule has 0 aromatic heterocycles. The Morgan fingerprint density at radius 2 is 0.948 bits per heavy atom. The minimum absolute atomic E-state index is 0.0327. The van der Waals surface area contributed by atoms with Gasteiger partial charge in [-0.2, -0.15) is 0 Å². The van der Waals surface area contributed by atoms with E-state index in [-0.39, 0.29) is 42.7 Å². The molecule has 0 aliphatic carbocycles. The van der Waals surface area contributed by atoms with E-state index >= 15 is 0 Å². The molecular weight excluding hydrogens is 727 g/mol. The lowest BCUT2D eigenvalue weighted by atomic mass is 10.1. The molecule has 58 heavy (non-hydrogen) atoms. The van der Waals surface area contributed by atoms with E-state index in [1.165, 1.54) is 64.2 Å². The summed E-state index contributed by atoms with van der Waals surface area (Å²) in [5.74, 6) is -1.58. The van der Waals surface area contributed by atoms with Crippen molar-refractivity contribution in [2.24, 2.45) is 0 Å². The molecule has 0 aromatic carbocycles. The normalized spacial score (nSPS) is 13.6. The van der Waals surface area contributed by atoms with Gasteiger partial charge in [-0.15, -0.1) is 0 Å². The number of carboxylic acids is 1. The Balaban J connectivity index is 4.42. The summed E-state index contributed by atoms with van der Waals surface area (Å²) in [6.07, 6.45) is 51.0. The summed E-state index contributed by atoms with van der Waals surface area (Å²) in [7, 11) is 5.50. The lowest BCUT2D eigenvalue weighted by Crippen LogP contribution is -2.50. The van der Waals surface area contributed by atoms with Crippen LogP contribution in [0.4, 0.5) is 0 Å². The second-order valence-electron chi connectivity index (χ2n) is 16.3. The average Bonchev–Trinajstić information content (AvgIpc) is 3.18. The number of hydrogen-bond acceptors (Lipinski definition) is 6. The minimum atomic E-state index is -0.887. The van der Waals surface area contributed by atoms with Gasteiger partial charge in [-0.1, -0.05) is 151 Å². The number of carbonyl (C=O) groups excluding carboxylic acids is 2. The number of nitrogens with zero attached hydrogens (tertiary/aromatic N) is 1. The SMILES string of the molecule is CCCCC/C=C/C/C=C/C/C=C/C/C=C/CCCCCCCC(=O)OC(COCCC(C(=O)O)[N+](C)(C)C)COC(=O)CC/C=C/C/C=C/CCCCCCCC. The van der Waals surface area contributed by atoms with Gasteiger partial charge in [-0.3, -0.25) is 9.59 Å². The van der Waals surface area contributed by atoms with Crippen LogP contribution >= 0.6 is 0 Å². The standard InChI is InChI=1S/C50H85NO7/c1-6-8-10-12-14-16-18-20-21-22-23-24-25-26-27-29-31-33-35-37-39-41-49(53)58-46(44-56-43-42-47(50(54)55)51(3,4)5)45-57-48(52)40-38-36-34-32-30-28-19-17-15-13-11-9-7-2/h14,16,20-21,23-24,26-28,30,34,36,46-47H,6-13,15,17-19,22,25,29,31-33,35,37-45H2,1-5H3/p+1/b16-14+,21-20+,24-23+,27-26+,30-28+,36-34+. The third kappa shape index (κ3) is 38.3. The molecule has 2 unspecified atom stereocenters. The first-order chi connectivity index (χ1) is 28.1. The minimum Gasteiger partial charge on any atom is -0.477 e. The molecule has 0 rings (SSSR count).